The maximum absolute atomic E-state index is 8.42. The third kappa shape index (κ3) is 3.20. The monoisotopic (exact) mass is 331 g/mol. The molecule has 1 aliphatic carbocycles. The minimum absolute atomic E-state index is 0.0636. The van der Waals surface area contributed by atoms with E-state index in [-0.39, 0.29) is 12.2 Å². The Labute approximate surface area is 153 Å². The Kier molecular flexibility index (Phi) is 3.73. The Balaban J connectivity index is 1.92. The molecule has 1 fully saturated rings. The number of aromatic nitrogens is 1. The molecule has 1 heterocycles. The highest BCUT2D eigenvalue weighted by Gasteiger charge is 2.18. The van der Waals surface area contributed by atoms with Crippen molar-refractivity contribution in [2.24, 2.45) is 0 Å². The Morgan fingerprint density at radius 2 is 1.88 bits per heavy atom. The van der Waals surface area contributed by atoms with Crippen molar-refractivity contribution in [1.82, 2.24) is 4.98 Å². The zero-order valence-electron chi connectivity index (χ0n) is 17.4. The lowest BCUT2D eigenvalue weighted by Gasteiger charge is -2.14. The van der Waals surface area contributed by atoms with Crippen LogP contribution in [0.25, 0.3) is 22.0 Å². The first-order valence-corrected chi connectivity index (χ1v) is 9.47. The molecule has 0 aliphatic heterocycles. The first kappa shape index (κ1) is 14.1. The van der Waals surface area contributed by atoms with Gasteiger partial charge in [0.15, 0.2) is 0 Å². The van der Waals surface area contributed by atoms with Crippen molar-refractivity contribution < 1.29 is 2.74 Å². The van der Waals surface area contributed by atoms with Crippen LogP contribution < -0.4 is 0 Å². The highest BCUT2D eigenvalue weighted by molar-refractivity contribution is 5.95. The van der Waals surface area contributed by atoms with Crippen LogP contribution >= 0.6 is 0 Å². The number of pyridine rings is 1. The van der Waals surface area contributed by atoms with Gasteiger partial charge in [0.1, 0.15) is 0 Å². The summed E-state index contributed by atoms with van der Waals surface area (Å²) in [7, 11) is 0. The number of benzene rings is 2. The number of rotatable bonds is 3. The van der Waals surface area contributed by atoms with Gasteiger partial charge in [-0.25, -0.2) is 0 Å². The summed E-state index contributed by atoms with van der Waals surface area (Å²) in [5.41, 5.74) is 5.68. The molecule has 4 rings (SSSR count). The van der Waals surface area contributed by atoms with E-state index in [0.717, 1.165) is 22.0 Å². The molecule has 25 heavy (non-hydrogen) atoms. The molecule has 0 N–H and O–H groups in total. The number of hydrogen-bond acceptors (Lipinski definition) is 1. The first-order chi connectivity index (χ1) is 12.9. The van der Waals surface area contributed by atoms with E-state index >= 15 is 0 Å². The van der Waals surface area contributed by atoms with Gasteiger partial charge in [-0.15, -0.1) is 0 Å². The number of hydrogen-bond donors (Lipinski definition) is 0. The second kappa shape index (κ2) is 6.63. The third-order valence-electron chi connectivity index (χ3n) is 5.52. The predicted molar refractivity (Wildman–Crippen MR) is 107 cm³/mol. The van der Waals surface area contributed by atoms with Crippen LogP contribution in [0.5, 0.6) is 0 Å². The van der Waals surface area contributed by atoms with E-state index < -0.39 is 0 Å². The summed E-state index contributed by atoms with van der Waals surface area (Å²) in [6.45, 7) is 6.50. The molecular weight excluding hydrogens is 302 g/mol. The largest absolute Gasteiger partial charge is 0.256 e. The van der Waals surface area contributed by atoms with E-state index in [9.17, 15) is 0 Å². The van der Waals surface area contributed by atoms with Crippen LogP contribution in [0.3, 0.4) is 0 Å². The second-order valence-corrected chi connectivity index (χ2v) is 7.77. The Bertz CT molecular complexity index is 1000. The molecule has 0 saturated heterocycles. The number of aryl methyl sites for hydroxylation is 1. The van der Waals surface area contributed by atoms with E-state index in [0.29, 0.717) is 11.8 Å². The zero-order chi connectivity index (χ0) is 19.1. The van der Waals surface area contributed by atoms with Crippen molar-refractivity contribution >= 4 is 10.8 Å². The molecule has 1 aliphatic rings. The lowest BCUT2D eigenvalue weighted by molar-refractivity contribution is 0.724. The van der Waals surface area contributed by atoms with Gasteiger partial charge < -0.3 is 0 Å². The van der Waals surface area contributed by atoms with Gasteiger partial charge in [0.25, 0.3) is 0 Å². The molecule has 0 amide bonds. The van der Waals surface area contributed by atoms with E-state index in [1.165, 1.54) is 42.4 Å². The van der Waals surface area contributed by atoms with Crippen LogP contribution in [0.15, 0.2) is 48.6 Å². The fourth-order valence-electron chi connectivity index (χ4n) is 4.09. The van der Waals surface area contributed by atoms with Crippen molar-refractivity contribution in [3.63, 3.8) is 0 Å². The average molecular weight is 331 g/mol. The van der Waals surface area contributed by atoms with E-state index in [4.69, 9.17) is 2.74 Å². The van der Waals surface area contributed by atoms with Gasteiger partial charge in [-0.1, -0.05) is 56.5 Å². The molecule has 128 valence electrons. The standard InChI is InChI=1S/C24H27N/c1-16(2)21-12-17(3)13-22(15-21)24-23-9-8-19(18-6-4-5-7-18)14-20(23)10-11-25-24/h8-16,18H,4-7H2,1-3H3/i10D,11D. The minimum atomic E-state index is 0.0636. The van der Waals surface area contributed by atoms with Gasteiger partial charge in [-0.3, -0.25) is 4.98 Å². The minimum Gasteiger partial charge on any atom is -0.256 e. The summed E-state index contributed by atoms with van der Waals surface area (Å²) in [6.07, 6.45) is 5.13. The molecule has 1 nitrogen and oxygen atoms in total. The van der Waals surface area contributed by atoms with Crippen LogP contribution in [-0.4, -0.2) is 4.98 Å². The summed E-state index contributed by atoms with van der Waals surface area (Å²) in [4.78, 5) is 4.52. The summed E-state index contributed by atoms with van der Waals surface area (Å²) >= 11 is 0. The fraction of sp³-hybridized carbons (Fsp3) is 0.375. The molecule has 1 heteroatoms. The third-order valence-corrected chi connectivity index (χ3v) is 5.52. The maximum atomic E-state index is 8.42. The molecule has 1 saturated carbocycles. The van der Waals surface area contributed by atoms with Gasteiger partial charge >= 0.3 is 0 Å². The summed E-state index contributed by atoms with van der Waals surface area (Å²) in [6, 6.07) is 13.3. The second-order valence-electron chi connectivity index (χ2n) is 7.77. The first-order valence-electron chi connectivity index (χ1n) is 10.5. The predicted octanol–water partition coefficient (Wildman–Crippen LogP) is 6.99. The topological polar surface area (TPSA) is 12.9 Å². The maximum Gasteiger partial charge on any atom is 0.0840 e. The van der Waals surface area contributed by atoms with Crippen molar-refractivity contribution in [3.8, 4) is 11.3 Å². The zero-order valence-corrected chi connectivity index (χ0v) is 15.4. The molecular formula is C24H27N. The Hall–Kier alpha value is -2.15. The Morgan fingerprint density at radius 1 is 1.08 bits per heavy atom. The Morgan fingerprint density at radius 3 is 2.64 bits per heavy atom. The van der Waals surface area contributed by atoms with Crippen LogP contribution in [0.1, 0.15) is 70.8 Å². The van der Waals surface area contributed by atoms with E-state index in [1.807, 2.05) is 0 Å². The van der Waals surface area contributed by atoms with Gasteiger partial charge in [-0.05, 0) is 66.3 Å². The van der Waals surface area contributed by atoms with Crippen LogP contribution in [-0.2, 0) is 0 Å². The van der Waals surface area contributed by atoms with Crippen LogP contribution in [0, 0.1) is 6.92 Å². The van der Waals surface area contributed by atoms with Gasteiger partial charge in [0.05, 0.1) is 8.44 Å². The number of fused-ring (bicyclic) bond motifs is 1. The lowest BCUT2D eigenvalue weighted by atomic mass is 9.92. The van der Waals surface area contributed by atoms with Crippen molar-refractivity contribution in [1.29, 1.82) is 0 Å². The smallest absolute Gasteiger partial charge is 0.0840 e. The van der Waals surface area contributed by atoms with Crippen molar-refractivity contribution in [3.05, 3.63) is 65.3 Å². The molecule has 0 spiro atoms. The highest BCUT2D eigenvalue weighted by atomic mass is 14.7. The van der Waals surface area contributed by atoms with Crippen molar-refractivity contribution in [2.45, 2.75) is 58.3 Å². The van der Waals surface area contributed by atoms with Crippen LogP contribution in [0.2, 0.25) is 0 Å². The highest BCUT2D eigenvalue weighted by Crippen LogP contribution is 2.37. The number of nitrogens with zero attached hydrogens (tertiary/aromatic N) is 1. The lowest BCUT2D eigenvalue weighted by Crippen LogP contribution is -1.95. The molecule has 0 atom stereocenters. The van der Waals surface area contributed by atoms with E-state index in [2.05, 4.69) is 62.2 Å². The SMILES string of the molecule is [2H]c1nc(-c2cc(C)cc(C(C)C)c2)c2ccc(C3CCCC3)cc2c1[2H]. The normalized spacial score (nSPS) is 16.5. The molecule has 0 radical (unpaired) electrons. The van der Waals surface area contributed by atoms with Gasteiger partial charge in [0, 0.05) is 17.1 Å². The summed E-state index contributed by atoms with van der Waals surface area (Å²) < 4.78 is 16.7. The van der Waals surface area contributed by atoms with Gasteiger partial charge in [0.2, 0.25) is 0 Å². The van der Waals surface area contributed by atoms with E-state index in [1.54, 1.807) is 0 Å². The molecule has 0 unspecified atom stereocenters. The quantitative estimate of drug-likeness (QED) is 0.504. The van der Waals surface area contributed by atoms with Crippen molar-refractivity contribution in [2.75, 3.05) is 0 Å². The van der Waals surface area contributed by atoms with Crippen LogP contribution in [0.4, 0.5) is 0 Å². The van der Waals surface area contributed by atoms with Gasteiger partial charge in [-0.2, -0.15) is 0 Å². The molecule has 2 aromatic carbocycles. The molecule has 0 bridgehead atoms. The average Bonchev–Trinajstić information content (AvgIpc) is 3.18. The molecule has 3 aromatic rings. The summed E-state index contributed by atoms with van der Waals surface area (Å²) in [5.74, 6) is 1.04. The summed E-state index contributed by atoms with van der Waals surface area (Å²) in [5, 5.41) is 1.85. The fourth-order valence-corrected chi connectivity index (χ4v) is 4.09. The molecule has 1 aromatic heterocycles.